The topological polar surface area (TPSA) is 0 Å². The van der Waals surface area contributed by atoms with Crippen LogP contribution in [0.1, 0.15) is 39.0 Å². The molecule has 0 radical (unpaired) electrons. The lowest BCUT2D eigenvalue weighted by Crippen LogP contribution is -2.46. The minimum absolute atomic E-state index is 0.748. The summed E-state index contributed by atoms with van der Waals surface area (Å²) >= 11 is 3.69. The van der Waals surface area contributed by atoms with E-state index in [0.29, 0.717) is 0 Å². The zero-order valence-corrected chi connectivity index (χ0v) is 8.86. The molecule has 0 heterocycles. The van der Waals surface area contributed by atoms with E-state index in [9.17, 15) is 0 Å². The number of rotatable bonds is 2. The maximum atomic E-state index is 3.69. The Hall–Kier alpha value is 0.480. The van der Waals surface area contributed by atoms with Gasteiger partial charge in [0.1, 0.15) is 0 Å². The zero-order chi connectivity index (χ0) is 7.90. The molecule has 2 saturated carbocycles. The van der Waals surface area contributed by atoms with Crippen molar-refractivity contribution in [1.29, 1.82) is 0 Å². The number of hydrogen-bond donors (Lipinski definition) is 0. The summed E-state index contributed by atoms with van der Waals surface area (Å²) in [6.07, 6.45) is 7.50. The number of hydrogen-bond acceptors (Lipinski definition) is 0. The van der Waals surface area contributed by atoms with Crippen LogP contribution in [-0.2, 0) is 0 Å². The molecule has 2 fully saturated rings. The van der Waals surface area contributed by atoms with Crippen molar-refractivity contribution in [1.82, 2.24) is 0 Å². The van der Waals surface area contributed by atoms with Gasteiger partial charge in [0.25, 0.3) is 0 Å². The van der Waals surface area contributed by atoms with Crippen LogP contribution in [-0.4, -0.2) is 5.33 Å². The van der Waals surface area contributed by atoms with Crippen LogP contribution in [0.15, 0.2) is 0 Å². The SMILES string of the molecule is CC1CC(CBr)(C2CCC2)C1. The summed E-state index contributed by atoms with van der Waals surface area (Å²) in [5.41, 5.74) is 0.748. The zero-order valence-electron chi connectivity index (χ0n) is 7.28. The highest BCUT2D eigenvalue weighted by Gasteiger charge is 2.48. The van der Waals surface area contributed by atoms with Crippen LogP contribution >= 0.6 is 15.9 Å². The van der Waals surface area contributed by atoms with E-state index >= 15 is 0 Å². The van der Waals surface area contributed by atoms with E-state index in [1.165, 1.54) is 37.4 Å². The van der Waals surface area contributed by atoms with Crippen LogP contribution in [0.4, 0.5) is 0 Å². The number of alkyl halides is 1. The minimum Gasteiger partial charge on any atom is -0.0922 e. The molecular weight excluding hydrogens is 200 g/mol. The summed E-state index contributed by atoms with van der Waals surface area (Å²) in [6.45, 7) is 2.39. The summed E-state index contributed by atoms with van der Waals surface area (Å²) in [5.74, 6) is 2.09. The Balaban J connectivity index is 1.95. The molecule has 0 unspecified atom stereocenters. The van der Waals surface area contributed by atoms with Gasteiger partial charge in [-0.1, -0.05) is 29.3 Å². The van der Waals surface area contributed by atoms with E-state index in [4.69, 9.17) is 0 Å². The van der Waals surface area contributed by atoms with E-state index in [2.05, 4.69) is 22.9 Å². The normalized spacial score (nSPS) is 44.7. The molecule has 0 aromatic carbocycles. The fourth-order valence-corrected chi connectivity index (χ4v) is 3.82. The molecule has 0 atom stereocenters. The van der Waals surface area contributed by atoms with Gasteiger partial charge >= 0.3 is 0 Å². The third-order valence-corrected chi connectivity index (χ3v) is 4.86. The second kappa shape index (κ2) is 2.76. The van der Waals surface area contributed by atoms with Crippen molar-refractivity contribution < 1.29 is 0 Å². The summed E-state index contributed by atoms with van der Waals surface area (Å²) < 4.78 is 0. The fourth-order valence-electron chi connectivity index (χ4n) is 2.90. The molecule has 2 rings (SSSR count). The maximum Gasteiger partial charge on any atom is 0.00908 e. The first-order chi connectivity index (χ1) is 5.27. The van der Waals surface area contributed by atoms with Gasteiger partial charge in [-0.15, -0.1) is 0 Å². The predicted octanol–water partition coefficient (Wildman–Crippen LogP) is 3.60. The molecule has 0 spiro atoms. The summed E-state index contributed by atoms with van der Waals surface area (Å²) in [7, 11) is 0. The highest BCUT2D eigenvalue weighted by molar-refractivity contribution is 9.09. The van der Waals surface area contributed by atoms with E-state index < -0.39 is 0 Å². The summed E-state index contributed by atoms with van der Waals surface area (Å²) in [5, 5.41) is 1.26. The molecule has 2 aliphatic rings. The van der Waals surface area contributed by atoms with Crippen molar-refractivity contribution in [3.8, 4) is 0 Å². The van der Waals surface area contributed by atoms with Crippen LogP contribution in [0.25, 0.3) is 0 Å². The van der Waals surface area contributed by atoms with Crippen molar-refractivity contribution in [2.45, 2.75) is 39.0 Å². The molecule has 0 bridgehead atoms. The van der Waals surface area contributed by atoms with Crippen molar-refractivity contribution in [3.05, 3.63) is 0 Å². The molecule has 0 aliphatic heterocycles. The lowest BCUT2D eigenvalue weighted by molar-refractivity contribution is -0.0138. The first kappa shape index (κ1) is 8.10. The minimum atomic E-state index is 0.748. The monoisotopic (exact) mass is 216 g/mol. The molecule has 0 amide bonds. The van der Waals surface area contributed by atoms with Gasteiger partial charge < -0.3 is 0 Å². The molecule has 64 valence electrons. The number of halogens is 1. The van der Waals surface area contributed by atoms with Crippen molar-refractivity contribution >= 4 is 15.9 Å². The first-order valence-corrected chi connectivity index (χ1v) is 5.95. The standard InChI is InChI=1S/C10H17Br/c1-8-5-10(6-8,7-11)9-3-2-4-9/h8-9H,2-7H2,1H3. The van der Waals surface area contributed by atoms with Gasteiger partial charge in [-0.3, -0.25) is 0 Å². The van der Waals surface area contributed by atoms with E-state index in [-0.39, 0.29) is 0 Å². The maximum absolute atomic E-state index is 3.69. The van der Waals surface area contributed by atoms with Gasteiger partial charge in [0.2, 0.25) is 0 Å². The Morgan fingerprint density at radius 1 is 1.36 bits per heavy atom. The Morgan fingerprint density at radius 2 is 2.00 bits per heavy atom. The van der Waals surface area contributed by atoms with Crippen molar-refractivity contribution in [2.75, 3.05) is 5.33 Å². The van der Waals surface area contributed by atoms with Crippen LogP contribution in [0.5, 0.6) is 0 Å². The van der Waals surface area contributed by atoms with Gasteiger partial charge in [-0.25, -0.2) is 0 Å². The molecule has 0 aromatic rings. The van der Waals surface area contributed by atoms with Crippen LogP contribution < -0.4 is 0 Å². The lowest BCUT2D eigenvalue weighted by atomic mass is 9.53. The van der Waals surface area contributed by atoms with Gasteiger partial charge in [0.15, 0.2) is 0 Å². The third-order valence-electron chi connectivity index (χ3n) is 3.75. The average Bonchev–Trinajstić information content (AvgIpc) is 1.79. The quantitative estimate of drug-likeness (QED) is 0.620. The summed E-state index contributed by atoms with van der Waals surface area (Å²) in [4.78, 5) is 0. The third kappa shape index (κ3) is 1.16. The van der Waals surface area contributed by atoms with E-state index in [1.54, 1.807) is 0 Å². The Labute approximate surface area is 77.9 Å². The predicted molar refractivity (Wildman–Crippen MR) is 52.0 cm³/mol. The molecule has 2 aliphatic carbocycles. The molecule has 0 saturated heterocycles. The Morgan fingerprint density at radius 3 is 2.27 bits per heavy atom. The molecule has 0 aromatic heterocycles. The second-order valence-corrected chi connectivity index (χ2v) is 5.20. The van der Waals surface area contributed by atoms with Gasteiger partial charge in [-0.05, 0) is 42.9 Å². The Kier molecular flexibility index (Phi) is 2.03. The van der Waals surface area contributed by atoms with Crippen LogP contribution in [0.3, 0.4) is 0 Å². The van der Waals surface area contributed by atoms with E-state index in [1.807, 2.05) is 0 Å². The molecule has 0 nitrogen and oxygen atoms in total. The fraction of sp³-hybridized carbons (Fsp3) is 1.00. The van der Waals surface area contributed by atoms with Gasteiger partial charge in [-0.2, -0.15) is 0 Å². The molecular formula is C10H17Br. The highest BCUT2D eigenvalue weighted by atomic mass is 79.9. The smallest absolute Gasteiger partial charge is 0.00908 e. The average molecular weight is 217 g/mol. The van der Waals surface area contributed by atoms with Gasteiger partial charge in [0, 0.05) is 5.33 Å². The van der Waals surface area contributed by atoms with Crippen LogP contribution in [0, 0.1) is 17.3 Å². The van der Waals surface area contributed by atoms with Gasteiger partial charge in [0.05, 0.1) is 0 Å². The molecule has 1 heteroatoms. The highest BCUT2D eigenvalue weighted by Crippen LogP contribution is 2.57. The Bertz CT molecular complexity index is 143. The van der Waals surface area contributed by atoms with Crippen molar-refractivity contribution in [3.63, 3.8) is 0 Å². The first-order valence-electron chi connectivity index (χ1n) is 4.83. The summed E-state index contributed by atoms with van der Waals surface area (Å²) in [6, 6.07) is 0. The second-order valence-electron chi connectivity index (χ2n) is 4.64. The largest absolute Gasteiger partial charge is 0.0922 e. The van der Waals surface area contributed by atoms with E-state index in [0.717, 1.165) is 17.3 Å². The van der Waals surface area contributed by atoms with Crippen molar-refractivity contribution in [2.24, 2.45) is 17.3 Å². The lowest BCUT2D eigenvalue weighted by Gasteiger charge is -2.54. The molecule has 11 heavy (non-hydrogen) atoms. The molecule has 0 N–H and O–H groups in total. The van der Waals surface area contributed by atoms with Crippen LogP contribution in [0.2, 0.25) is 0 Å².